The fourth-order valence-corrected chi connectivity index (χ4v) is 1.62. The van der Waals surface area contributed by atoms with Crippen LogP contribution in [0.4, 0.5) is 4.39 Å². The van der Waals surface area contributed by atoms with Gasteiger partial charge in [0.1, 0.15) is 11.4 Å². The molecule has 2 N–H and O–H groups in total. The summed E-state index contributed by atoms with van der Waals surface area (Å²) in [5.74, 6) is -1.32. The maximum Gasteiger partial charge on any atom is 0.323 e. The molecule has 1 aromatic rings. The Labute approximate surface area is 99.9 Å². The maximum absolute atomic E-state index is 12.9. The summed E-state index contributed by atoms with van der Waals surface area (Å²) in [4.78, 5) is 14.9. The van der Waals surface area contributed by atoms with Gasteiger partial charge in [0.05, 0.1) is 6.20 Å². The smallest absolute Gasteiger partial charge is 0.323 e. The van der Waals surface area contributed by atoms with Gasteiger partial charge in [0.2, 0.25) is 0 Å². The third kappa shape index (κ3) is 3.78. The highest BCUT2D eigenvalue weighted by atomic mass is 19.1. The van der Waals surface area contributed by atoms with Gasteiger partial charge in [-0.3, -0.25) is 15.1 Å². The van der Waals surface area contributed by atoms with Gasteiger partial charge in [-0.15, -0.1) is 0 Å². The highest BCUT2D eigenvalue weighted by Crippen LogP contribution is 2.14. The molecule has 1 heterocycles. The number of aromatic nitrogens is 1. The predicted molar refractivity (Wildman–Crippen MR) is 62.0 cm³/mol. The van der Waals surface area contributed by atoms with Gasteiger partial charge in [0.15, 0.2) is 0 Å². The van der Waals surface area contributed by atoms with Crippen molar-refractivity contribution in [2.24, 2.45) is 0 Å². The van der Waals surface area contributed by atoms with Crippen LogP contribution < -0.4 is 5.32 Å². The topological polar surface area (TPSA) is 62.2 Å². The Morgan fingerprint density at radius 3 is 2.82 bits per heavy atom. The van der Waals surface area contributed by atoms with E-state index in [-0.39, 0.29) is 6.54 Å². The minimum Gasteiger partial charge on any atom is -0.480 e. The normalized spacial score (nSPS) is 14.3. The first-order chi connectivity index (χ1) is 7.98. The molecule has 0 aromatic carbocycles. The number of aliphatic carboxylic acids is 1. The average molecular weight is 240 g/mol. The highest BCUT2D eigenvalue weighted by molar-refractivity contribution is 5.78. The Hall–Kier alpha value is -1.49. The molecule has 0 fully saturated rings. The van der Waals surface area contributed by atoms with Gasteiger partial charge in [-0.2, -0.15) is 0 Å². The second-order valence-corrected chi connectivity index (χ2v) is 4.25. The van der Waals surface area contributed by atoms with Crippen LogP contribution in [0.25, 0.3) is 0 Å². The van der Waals surface area contributed by atoms with Crippen LogP contribution in [0.2, 0.25) is 0 Å². The molecule has 0 aliphatic carbocycles. The quantitative estimate of drug-likeness (QED) is 0.797. The largest absolute Gasteiger partial charge is 0.480 e. The molecule has 0 radical (unpaired) electrons. The summed E-state index contributed by atoms with van der Waals surface area (Å²) in [6.45, 7) is 3.84. The van der Waals surface area contributed by atoms with E-state index < -0.39 is 17.3 Å². The number of carboxylic acid groups (broad SMARTS) is 1. The number of pyridine rings is 1. The van der Waals surface area contributed by atoms with Crippen molar-refractivity contribution < 1.29 is 14.3 Å². The van der Waals surface area contributed by atoms with E-state index >= 15 is 0 Å². The lowest BCUT2D eigenvalue weighted by molar-refractivity contribution is -0.144. The van der Waals surface area contributed by atoms with Crippen LogP contribution in [0, 0.1) is 5.82 Å². The maximum atomic E-state index is 12.9. The number of nitrogens with one attached hydrogen (secondary N) is 1. The van der Waals surface area contributed by atoms with Gasteiger partial charge in [-0.1, -0.05) is 13.3 Å². The average Bonchev–Trinajstić information content (AvgIpc) is 2.27. The Morgan fingerprint density at radius 1 is 1.59 bits per heavy atom. The zero-order valence-corrected chi connectivity index (χ0v) is 10.0. The molecule has 1 unspecified atom stereocenters. The Bertz CT molecular complexity index is 398. The fourth-order valence-electron chi connectivity index (χ4n) is 1.62. The van der Waals surface area contributed by atoms with Crippen molar-refractivity contribution >= 4 is 5.97 Å². The van der Waals surface area contributed by atoms with Crippen LogP contribution in [0.3, 0.4) is 0 Å². The van der Waals surface area contributed by atoms with E-state index in [1.165, 1.54) is 12.3 Å². The number of hydrogen-bond donors (Lipinski definition) is 2. The molecule has 1 rings (SSSR count). The highest BCUT2D eigenvalue weighted by Gasteiger charge is 2.31. The van der Waals surface area contributed by atoms with Crippen LogP contribution in [0.1, 0.15) is 32.3 Å². The van der Waals surface area contributed by atoms with Crippen LogP contribution in [0.5, 0.6) is 0 Å². The van der Waals surface area contributed by atoms with Crippen LogP contribution in [-0.2, 0) is 11.3 Å². The molecule has 5 heteroatoms. The number of hydrogen-bond acceptors (Lipinski definition) is 3. The zero-order chi connectivity index (χ0) is 12.9. The van der Waals surface area contributed by atoms with Gasteiger partial charge in [-0.05, 0) is 25.0 Å². The molecule has 0 saturated heterocycles. The van der Waals surface area contributed by atoms with Crippen molar-refractivity contribution in [3.63, 3.8) is 0 Å². The first-order valence-corrected chi connectivity index (χ1v) is 5.56. The molecular weight excluding hydrogens is 223 g/mol. The van der Waals surface area contributed by atoms with E-state index in [1.807, 2.05) is 6.92 Å². The van der Waals surface area contributed by atoms with Crippen molar-refractivity contribution in [1.82, 2.24) is 10.3 Å². The monoisotopic (exact) mass is 240 g/mol. The zero-order valence-electron chi connectivity index (χ0n) is 10.0. The number of nitrogens with zero attached hydrogens (tertiary/aromatic N) is 1. The van der Waals surface area contributed by atoms with Gasteiger partial charge in [0, 0.05) is 12.7 Å². The second kappa shape index (κ2) is 5.72. The molecule has 17 heavy (non-hydrogen) atoms. The lowest BCUT2D eigenvalue weighted by Gasteiger charge is -2.25. The van der Waals surface area contributed by atoms with E-state index in [0.29, 0.717) is 12.0 Å². The van der Waals surface area contributed by atoms with Crippen molar-refractivity contribution in [2.45, 2.75) is 38.8 Å². The molecular formula is C12H17FN2O2. The van der Waals surface area contributed by atoms with Gasteiger partial charge < -0.3 is 5.11 Å². The summed E-state index contributed by atoms with van der Waals surface area (Å²) >= 11 is 0. The number of halogens is 1. The predicted octanol–water partition coefficient (Wildman–Crippen LogP) is 1.95. The second-order valence-electron chi connectivity index (χ2n) is 4.25. The number of rotatable bonds is 6. The van der Waals surface area contributed by atoms with E-state index in [4.69, 9.17) is 5.11 Å². The summed E-state index contributed by atoms with van der Waals surface area (Å²) in [5, 5.41) is 12.1. The standard InChI is InChI=1S/C12H17FN2O2/c1-3-4-12(2,11(16)17)15-7-9-5-10(13)8-14-6-9/h5-6,8,15H,3-4,7H2,1-2H3,(H,16,17). The van der Waals surface area contributed by atoms with Crippen molar-refractivity contribution in [3.05, 3.63) is 29.8 Å². The molecule has 94 valence electrons. The minimum atomic E-state index is -0.985. The molecule has 1 aromatic heterocycles. The van der Waals surface area contributed by atoms with E-state index in [2.05, 4.69) is 10.3 Å². The minimum absolute atomic E-state index is 0.285. The molecule has 1 atom stereocenters. The lowest BCUT2D eigenvalue weighted by atomic mass is 9.96. The molecule has 4 nitrogen and oxygen atoms in total. The van der Waals surface area contributed by atoms with Crippen molar-refractivity contribution in [3.8, 4) is 0 Å². The first kappa shape index (κ1) is 13.6. The van der Waals surface area contributed by atoms with Crippen LogP contribution in [-0.4, -0.2) is 21.6 Å². The van der Waals surface area contributed by atoms with E-state index in [1.54, 1.807) is 6.92 Å². The molecule has 0 spiro atoms. The summed E-state index contributed by atoms with van der Waals surface area (Å²) < 4.78 is 12.9. The summed E-state index contributed by atoms with van der Waals surface area (Å²) in [6, 6.07) is 1.34. The Kier molecular flexibility index (Phi) is 4.57. The third-order valence-corrected chi connectivity index (χ3v) is 2.67. The fraction of sp³-hybridized carbons (Fsp3) is 0.500. The Balaban J connectivity index is 2.67. The van der Waals surface area contributed by atoms with E-state index in [9.17, 15) is 9.18 Å². The molecule has 0 amide bonds. The van der Waals surface area contributed by atoms with Crippen LogP contribution >= 0.6 is 0 Å². The van der Waals surface area contributed by atoms with Crippen molar-refractivity contribution in [2.75, 3.05) is 0 Å². The van der Waals surface area contributed by atoms with Gasteiger partial charge >= 0.3 is 5.97 Å². The van der Waals surface area contributed by atoms with Gasteiger partial charge in [-0.25, -0.2) is 4.39 Å². The number of carbonyl (C=O) groups is 1. The van der Waals surface area contributed by atoms with Crippen LogP contribution in [0.15, 0.2) is 18.5 Å². The first-order valence-electron chi connectivity index (χ1n) is 5.56. The SMILES string of the molecule is CCCC(C)(NCc1cncc(F)c1)C(=O)O. The molecule has 0 aliphatic heterocycles. The van der Waals surface area contributed by atoms with Gasteiger partial charge in [0.25, 0.3) is 0 Å². The Morgan fingerprint density at radius 2 is 2.29 bits per heavy atom. The lowest BCUT2D eigenvalue weighted by Crippen LogP contribution is -2.48. The summed E-state index contributed by atoms with van der Waals surface area (Å²) in [7, 11) is 0. The van der Waals surface area contributed by atoms with Crippen molar-refractivity contribution in [1.29, 1.82) is 0 Å². The molecule has 0 bridgehead atoms. The summed E-state index contributed by atoms with van der Waals surface area (Å²) in [6.07, 6.45) is 3.92. The summed E-state index contributed by atoms with van der Waals surface area (Å²) in [5.41, 5.74) is -0.352. The third-order valence-electron chi connectivity index (χ3n) is 2.67. The van der Waals surface area contributed by atoms with E-state index in [0.717, 1.165) is 12.6 Å². The number of carboxylic acids is 1. The molecule has 0 aliphatic rings. The molecule has 0 saturated carbocycles.